The van der Waals surface area contributed by atoms with Crippen molar-refractivity contribution in [2.75, 3.05) is 10.6 Å². The molecule has 1 fully saturated rings. The topological polar surface area (TPSA) is 146 Å². The van der Waals surface area contributed by atoms with Gasteiger partial charge in [0.15, 0.2) is 0 Å². The summed E-state index contributed by atoms with van der Waals surface area (Å²) in [6.07, 6.45) is 9.75. The number of amides is 2. The first kappa shape index (κ1) is 25.6. The van der Waals surface area contributed by atoms with Crippen LogP contribution < -0.4 is 10.6 Å². The molecule has 0 bridgehead atoms. The summed E-state index contributed by atoms with van der Waals surface area (Å²) >= 11 is 0. The van der Waals surface area contributed by atoms with Crippen molar-refractivity contribution in [1.82, 2.24) is 24.9 Å². The molecule has 5 rings (SSSR count). The van der Waals surface area contributed by atoms with Crippen molar-refractivity contribution in [2.45, 2.75) is 39.0 Å². The number of rotatable bonds is 7. The van der Waals surface area contributed by atoms with E-state index < -0.39 is 5.41 Å². The fourth-order valence-electron chi connectivity index (χ4n) is 3.95. The van der Waals surface area contributed by atoms with Crippen LogP contribution in [0.4, 0.5) is 11.5 Å². The quantitative estimate of drug-likeness (QED) is 0.358. The first-order chi connectivity index (χ1) is 18.7. The number of hydrogen-bond donors (Lipinski definition) is 2. The van der Waals surface area contributed by atoms with Crippen molar-refractivity contribution in [3.05, 3.63) is 78.4 Å². The highest BCUT2D eigenvalue weighted by Crippen LogP contribution is 2.31. The number of carbonyl (C=O) groups excluding carboxylic acids is 2. The summed E-state index contributed by atoms with van der Waals surface area (Å²) in [4.78, 5) is 46.8. The number of nitriles is 1. The van der Waals surface area contributed by atoms with Crippen LogP contribution in [0.15, 0.2) is 61.4 Å². The number of aryl methyl sites for hydroxylation is 1. The molecule has 194 valence electrons. The van der Waals surface area contributed by atoms with Crippen molar-refractivity contribution in [3.63, 3.8) is 0 Å². The Morgan fingerprint density at radius 3 is 2.54 bits per heavy atom. The Morgan fingerprint density at radius 1 is 0.974 bits per heavy atom. The molecule has 4 aromatic heterocycles. The largest absolute Gasteiger partial charge is 0.321 e. The van der Waals surface area contributed by atoms with Crippen molar-refractivity contribution < 1.29 is 9.59 Å². The molecule has 0 radical (unpaired) electrons. The molecular formula is C29H26N8O2. The van der Waals surface area contributed by atoms with Gasteiger partial charge in [-0.05, 0) is 57.9 Å². The van der Waals surface area contributed by atoms with Gasteiger partial charge in [0.25, 0.3) is 5.91 Å². The lowest BCUT2D eigenvalue weighted by Gasteiger charge is -2.15. The molecule has 1 aliphatic rings. The van der Waals surface area contributed by atoms with Gasteiger partial charge < -0.3 is 10.6 Å². The van der Waals surface area contributed by atoms with Gasteiger partial charge in [-0.1, -0.05) is 0 Å². The van der Waals surface area contributed by atoms with Gasteiger partial charge in [0, 0.05) is 58.5 Å². The van der Waals surface area contributed by atoms with Gasteiger partial charge in [0.2, 0.25) is 5.91 Å². The van der Waals surface area contributed by atoms with Gasteiger partial charge >= 0.3 is 0 Å². The smallest absolute Gasteiger partial charge is 0.255 e. The molecule has 1 aliphatic carbocycles. The molecule has 0 atom stereocenters. The second-order valence-electron chi connectivity index (χ2n) is 9.99. The summed E-state index contributed by atoms with van der Waals surface area (Å²) in [6.45, 7) is 5.38. The zero-order valence-corrected chi connectivity index (χ0v) is 21.8. The van der Waals surface area contributed by atoms with Crippen molar-refractivity contribution >= 4 is 23.3 Å². The normalized spacial score (nSPS) is 12.9. The highest BCUT2D eigenvalue weighted by molar-refractivity contribution is 6.04. The zero-order valence-electron chi connectivity index (χ0n) is 21.8. The van der Waals surface area contributed by atoms with E-state index in [1.807, 2.05) is 19.1 Å². The maximum atomic E-state index is 13.0. The third-order valence-corrected chi connectivity index (χ3v) is 6.50. The van der Waals surface area contributed by atoms with E-state index >= 15 is 0 Å². The first-order valence-corrected chi connectivity index (χ1v) is 12.5. The van der Waals surface area contributed by atoms with Gasteiger partial charge in [-0.2, -0.15) is 5.26 Å². The Kier molecular flexibility index (Phi) is 6.81. The second-order valence-corrected chi connectivity index (χ2v) is 9.99. The third kappa shape index (κ3) is 5.78. The van der Waals surface area contributed by atoms with E-state index in [0.717, 1.165) is 35.2 Å². The van der Waals surface area contributed by atoms with Crippen molar-refractivity contribution in [3.8, 4) is 28.5 Å². The van der Waals surface area contributed by atoms with E-state index in [1.165, 1.54) is 12.5 Å². The second kappa shape index (κ2) is 10.4. The van der Waals surface area contributed by atoms with E-state index in [9.17, 15) is 14.9 Å². The molecule has 4 aromatic rings. The lowest BCUT2D eigenvalue weighted by molar-refractivity contribution is -0.117. The fraction of sp³-hybridized carbons (Fsp3) is 0.241. The van der Waals surface area contributed by atoms with E-state index in [1.54, 1.807) is 50.6 Å². The van der Waals surface area contributed by atoms with Crippen molar-refractivity contribution in [2.24, 2.45) is 5.92 Å². The molecule has 39 heavy (non-hydrogen) atoms. The lowest BCUT2D eigenvalue weighted by Crippen LogP contribution is -2.18. The number of nitrogens with one attached hydrogen (secondary N) is 2. The van der Waals surface area contributed by atoms with Gasteiger partial charge in [-0.3, -0.25) is 24.5 Å². The molecular weight excluding hydrogens is 492 g/mol. The Balaban J connectivity index is 1.38. The van der Waals surface area contributed by atoms with E-state index in [0.29, 0.717) is 28.5 Å². The molecule has 0 spiro atoms. The van der Waals surface area contributed by atoms with Crippen LogP contribution in [0.5, 0.6) is 0 Å². The highest BCUT2D eigenvalue weighted by Gasteiger charge is 2.30. The number of anilines is 2. The van der Waals surface area contributed by atoms with Crippen LogP contribution in [0.25, 0.3) is 22.4 Å². The van der Waals surface area contributed by atoms with E-state index in [2.05, 4.69) is 41.6 Å². The summed E-state index contributed by atoms with van der Waals surface area (Å²) in [5.41, 5.74) is 4.30. The maximum Gasteiger partial charge on any atom is 0.255 e. The van der Waals surface area contributed by atoms with Crippen LogP contribution in [0, 0.1) is 24.2 Å². The zero-order chi connectivity index (χ0) is 27.6. The lowest BCUT2D eigenvalue weighted by atomic mass is 9.90. The summed E-state index contributed by atoms with van der Waals surface area (Å²) in [6, 6.07) is 10.9. The fourth-order valence-corrected chi connectivity index (χ4v) is 3.95. The van der Waals surface area contributed by atoms with Gasteiger partial charge in [-0.15, -0.1) is 0 Å². The minimum atomic E-state index is -0.819. The van der Waals surface area contributed by atoms with E-state index in [-0.39, 0.29) is 17.7 Å². The molecule has 10 heteroatoms. The standard InChI is InChI=1S/C29H26N8O2/c1-17-23(10-22(14-33-17)36-28(39)19-6-7-32-25(9-19)29(2,3)15-30)20-8-21(13-31-12-20)24-11-26(35-16-34-24)37-27(38)18-4-5-18/h6-14,16,18H,4-5H2,1-3H3,(H,36,39)(H,34,35,37,38). The Labute approximate surface area is 225 Å². The molecule has 10 nitrogen and oxygen atoms in total. The number of hydrogen-bond acceptors (Lipinski definition) is 8. The summed E-state index contributed by atoms with van der Waals surface area (Å²) in [5, 5.41) is 15.1. The number of nitrogens with zero attached hydrogens (tertiary/aromatic N) is 6. The SMILES string of the molecule is Cc1ncc(NC(=O)c2ccnc(C(C)(C)C#N)c2)cc1-c1cncc(-c2cc(NC(=O)C3CC3)ncn2)c1. The van der Waals surface area contributed by atoms with Crippen LogP contribution in [0.3, 0.4) is 0 Å². The van der Waals surface area contributed by atoms with Crippen molar-refractivity contribution in [1.29, 1.82) is 5.26 Å². The van der Waals surface area contributed by atoms with Crippen LogP contribution >= 0.6 is 0 Å². The Hall–Kier alpha value is -5.04. The molecule has 4 heterocycles. The number of carbonyl (C=O) groups is 2. The molecule has 0 aromatic carbocycles. The van der Waals surface area contributed by atoms with Gasteiger partial charge in [0.05, 0.1) is 34.8 Å². The first-order valence-electron chi connectivity index (χ1n) is 12.5. The minimum Gasteiger partial charge on any atom is -0.321 e. The summed E-state index contributed by atoms with van der Waals surface area (Å²) in [7, 11) is 0. The van der Waals surface area contributed by atoms with Crippen LogP contribution in [-0.2, 0) is 10.2 Å². The van der Waals surface area contributed by atoms with Gasteiger partial charge in [0.1, 0.15) is 12.1 Å². The average molecular weight is 519 g/mol. The maximum absolute atomic E-state index is 13.0. The summed E-state index contributed by atoms with van der Waals surface area (Å²) < 4.78 is 0. The number of aromatic nitrogens is 5. The highest BCUT2D eigenvalue weighted by atomic mass is 16.2. The Bertz CT molecular complexity index is 1620. The monoisotopic (exact) mass is 518 g/mol. The molecule has 1 saturated carbocycles. The summed E-state index contributed by atoms with van der Waals surface area (Å²) in [5.74, 6) is 0.158. The minimum absolute atomic E-state index is 0.0242. The third-order valence-electron chi connectivity index (χ3n) is 6.50. The Morgan fingerprint density at radius 2 is 1.77 bits per heavy atom. The average Bonchev–Trinajstić information content (AvgIpc) is 3.80. The predicted molar refractivity (Wildman–Crippen MR) is 145 cm³/mol. The van der Waals surface area contributed by atoms with Crippen LogP contribution in [0.1, 0.15) is 48.4 Å². The molecule has 0 unspecified atom stereocenters. The van der Waals surface area contributed by atoms with Crippen LogP contribution in [0.2, 0.25) is 0 Å². The molecule has 2 amide bonds. The van der Waals surface area contributed by atoms with Gasteiger partial charge in [-0.25, -0.2) is 9.97 Å². The van der Waals surface area contributed by atoms with E-state index in [4.69, 9.17) is 0 Å². The molecule has 2 N–H and O–H groups in total. The van der Waals surface area contributed by atoms with Crippen LogP contribution in [-0.4, -0.2) is 36.7 Å². The molecule has 0 aliphatic heterocycles. The predicted octanol–water partition coefficient (Wildman–Crippen LogP) is 4.71. The number of pyridine rings is 3. The molecule has 0 saturated heterocycles.